The third kappa shape index (κ3) is 3.54. The van der Waals surface area contributed by atoms with E-state index in [1.165, 1.54) is 34.7 Å². The zero-order valence-electron chi connectivity index (χ0n) is 12.4. The molecule has 23 heavy (non-hydrogen) atoms. The van der Waals surface area contributed by atoms with Crippen molar-refractivity contribution < 1.29 is 9.18 Å². The van der Waals surface area contributed by atoms with Crippen LogP contribution in [-0.2, 0) is 10.5 Å². The molecule has 2 N–H and O–H groups in total. The molecular formula is C19H16FNOS. The van der Waals surface area contributed by atoms with Crippen molar-refractivity contribution in [1.29, 1.82) is 0 Å². The average molecular weight is 325 g/mol. The molecule has 116 valence electrons. The van der Waals surface area contributed by atoms with Gasteiger partial charge >= 0.3 is 0 Å². The summed E-state index contributed by atoms with van der Waals surface area (Å²) < 4.78 is 13.1. The van der Waals surface area contributed by atoms with Crippen molar-refractivity contribution in [3.05, 3.63) is 83.7 Å². The highest BCUT2D eigenvalue weighted by Crippen LogP contribution is 2.33. The number of hydrogen-bond acceptors (Lipinski definition) is 2. The second kappa shape index (κ2) is 6.84. The second-order valence-corrected chi connectivity index (χ2v) is 6.38. The number of nitrogens with two attached hydrogens (primary N) is 1. The lowest BCUT2D eigenvalue weighted by Crippen LogP contribution is -2.19. The third-order valence-corrected chi connectivity index (χ3v) is 5.03. The minimum Gasteiger partial charge on any atom is -0.368 e. The Morgan fingerprint density at radius 1 is 1.00 bits per heavy atom. The third-order valence-electron chi connectivity index (χ3n) is 3.72. The fourth-order valence-corrected chi connectivity index (χ4v) is 3.68. The van der Waals surface area contributed by atoms with Crippen molar-refractivity contribution in [2.75, 3.05) is 0 Å². The number of halogens is 1. The van der Waals surface area contributed by atoms with Crippen molar-refractivity contribution in [2.45, 2.75) is 11.0 Å². The van der Waals surface area contributed by atoms with E-state index in [4.69, 9.17) is 5.73 Å². The number of fused-ring (bicyclic) bond motifs is 1. The first-order valence-electron chi connectivity index (χ1n) is 7.28. The Kier molecular flexibility index (Phi) is 4.63. The van der Waals surface area contributed by atoms with Crippen molar-refractivity contribution in [1.82, 2.24) is 0 Å². The smallest absolute Gasteiger partial charge is 0.235 e. The van der Waals surface area contributed by atoms with Gasteiger partial charge in [-0.1, -0.05) is 54.6 Å². The van der Waals surface area contributed by atoms with Gasteiger partial charge in [0.1, 0.15) is 11.1 Å². The van der Waals surface area contributed by atoms with Crippen LogP contribution in [0.2, 0.25) is 0 Å². The maximum atomic E-state index is 13.1. The molecule has 0 fully saturated rings. The first kappa shape index (κ1) is 15.6. The summed E-state index contributed by atoms with van der Waals surface area (Å²) >= 11 is 1.46. The van der Waals surface area contributed by atoms with Gasteiger partial charge in [0.15, 0.2) is 0 Å². The van der Waals surface area contributed by atoms with Crippen LogP contribution in [0, 0.1) is 5.82 Å². The molecule has 0 aliphatic rings. The van der Waals surface area contributed by atoms with Crippen molar-refractivity contribution in [3.63, 3.8) is 0 Å². The van der Waals surface area contributed by atoms with E-state index in [0.717, 1.165) is 11.1 Å². The Balaban J connectivity index is 1.84. The van der Waals surface area contributed by atoms with Crippen LogP contribution in [0.25, 0.3) is 10.8 Å². The highest BCUT2D eigenvalue weighted by atomic mass is 32.2. The Hall–Kier alpha value is -2.33. The molecule has 4 heteroatoms. The Morgan fingerprint density at radius 2 is 1.70 bits per heavy atom. The predicted octanol–water partition coefficient (Wildman–Crippen LogP) is 4.44. The van der Waals surface area contributed by atoms with Gasteiger partial charge in [0.2, 0.25) is 5.91 Å². The minimum atomic E-state index is -0.491. The highest BCUT2D eigenvalue weighted by molar-refractivity contribution is 7.99. The van der Waals surface area contributed by atoms with Crippen molar-refractivity contribution >= 4 is 28.4 Å². The van der Waals surface area contributed by atoms with Crippen LogP contribution in [0.5, 0.6) is 0 Å². The van der Waals surface area contributed by atoms with Gasteiger partial charge in [0.05, 0.1) is 0 Å². The quantitative estimate of drug-likeness (QED) is 0.753. The van der Waals surface area contributed by atoms with Crippen molar-refractivity contribution in [3.8, 4) is 0 Å². The summed E-state index contributed by atoms with van der Waals surface area (Å²) in [5.41, 5.74) is 7.41. The molecule has 0 aliphatic carbocycles. The number of benzene rings is 3. The van der Waals surface area contributed by atoms with Crippen LogP contribution in [0.3, 0.4) is 0 Å². The SMILES string of the molecule is NC(=O)C(SCc1cccc2ccccc12)c1ccc(F)cc1. The first-order valence-corrected chi connectivity index (χ1v) is 8.33. The second-order valence-electron chi connectivity index (χ2n) is 5.28. The molecule has 0 spiro atoms. The van der Waals surface area contributed by atoms with Crippen LogP contribution < -0.4 is 5.73 Å². The summed E-state index contributed by atoms with van der Waals surface area (Å²) in [4.78, 5) is 11.8. The van der Waals surface area contributed by atoms with E-state index in [9.17, 15) is 9.18 Å². The number of carbonyl (C=O) groups excluding carboxylic acids is 1. The molecule has 0 aliphatic heterocycles. The van der Waals surface area contributed by atoms with Gasteiger partial charge in [-0.25, -0.2) is 4.39 Å². The summed E-state index contributed by atoms with van der Waals surface area (Å²) in [5, 5.41) is 1.85. The topological polar surface area (TPSA) is 43.1 Å². The van der Waals surface area contributed by atoms with E-state index in [-0.39, 0.29) is 5.82 Å². The van der Waals surface area contributed by atoms with E-state index < -0.39 is 11.2 Å². The number of thioether (sulfide) groups is 1. The average Bonchev–Trinajstić information content (AvgIpc) is 2.56. The minimum absolute atomic E-state index is 0.323. The first-order chi connectivity index (χ1) is 11.1. The van der Waals surface area contributed by atoms with Gasteiger partial charge < -0.3 is 5.73 Å². The summed E-state index contributed by atoms with van der Waals surface area (Å²) in [6.07, 6.45) is 0. The van der Waals surface area contributed by atoms with E-state index in [0.29, 0.717) is 5.75 Å². The maximum Gasteiger partial charge on any atom is 0.235 e. The lowest BCUT2D eigenvalue weighted by Gasteiger charge is -2.14. The maximum absolute atomic E-state index is 13.1. The molecule has 3 aromatic carbocycles. The fraction of sp³-hybridized carbons (Fsp3) is 0.105. The monoisotopic (exact) mass is 325 g/mol. The van der Waals surface area contributed by atoms with Crippen LogP contribution >= 0.6 is 11.8 Å². The zero-order chi connectivity index (χ0) is 16.2. The molecule has 1 unspecified atom stereocenters. The number of rotatable bonds is 5. The van der Waals surface area contributed by atoms with Crippen LogP contribution in [0.15, 0.2) is 66.7 Å². The van der Waals surface area contributed by atoms with Gasteiger partial charge in [-0.05, 0) is 34.0 Å². The molecule has 3 rings (SSSR count). The van der Waals surface area contributed by atoms with Crippen LogP contribution in [0.4, 0.5) is 4.39 Å². The van der Waals surface area contributed by atoms with Crippen LogP contribution in [0.1, 0.15) is 16.4 Å². The summed E-state index contributed by atoms with van der Waals surface area (Å²) in [5.74, 6) is -0.0790. The molecule has 1 atom stereocenters. The fourth-order valence-electron chi connectivity index (χ4n) is 2.57. The molecule has 0 bridgehead atoms. The lowest BCUT2D eigenvalue weighted by molar-refractivity contribution is -0.117. The predicted molar refractivity (Wildman–Crippen MR) is 93.6 cm³/mol. The highest BCUT2D eigenvalue weighted by Gasteiger charge is 2.18. The molecule has 0 saturated carbocycles. The van der Waals surface area contributed by atoms with Gasteiger partial charge in [-0.15, -0.1) is 11.8 Å². The van der Waals surface area contributed by atoms with E-state index >= 15 is 0 Å². The van der Waals surface area contributed by atoms with E-state index in [1.807, 2.05) is 18.2 Å². The zero-order valence-corrected chi connectivity index (χ0v) is 13.2. The van der Waals surface area contributed by atoms with Gasteiger partial charge in [0.25, 0.3) is 0 Å². The molecule has 0 saturated heterocycles. The number of hydrogen-bond donors (Lipinski definition) is 1. The van der Waals surface area contributed by atoms with Gasteiger partial charge in [0, 0.05) is 5.75 Å². The molecular weight excluding hydrogens is 309 g/mol. The van der Waals surface area contributed by atoms with Crippen molar-refractivity contribution in [2.24, 2.45) is 5.73 Å². The molecule has 3 aromatic rings. The van der Waals surface area contributed by atoms with E-state index in [1.54, 1.807) is 12.1 Å². The summed E-state index contributed by atoms with van der Waals surface area (Å²) in [6.45, 7) is 0. The molecule has 0 heterocycles. The lowest BCUT2D eigenvalue weighted by atomic mass is 10.1. The Bertz CT molecular complexity index is 827. The van der Waals surface area contributed by atoms with E-state index in [2.05, 4.69) is 24.3 Å². The molecule has 0 aromatic heterocycles. The number of primary amides is 1. The Labute approximate surface area is 138 Å². The normalized spacial score (nSPS) is 12.2. The summed E-state index contributed by atoms with van der Waals surface area (Å²) in [6, 6.07) is 20.2. The molecule has 1 amide bonds. The van der Waals surface area contributed by atoms with Gasteiger partial charge in [-0.3, -0.25) is 4.79 Å². The largest absolute Gasteiger partial charge is 0.368 e. The van der Waals surface area contributed by atoms with Crippen LogP contribution in [-0.4, -0.2) is 5.91 Å². The summed E-state index contributed by atoms with van der Waals surface area (Å²) in [7, 11) is 0. The number of amides is 1. The Morgan fingerprint density at radius 3 is 2.43 bits per heavy atom. The number of carbonyl (C=O) groups is 1. The molecule has 0 radical (unpaired) electrons. The standard InChI is InChI=1S/C19H16FNOS/c20-16-10-8-14(9-11-16)18(19(21)22)23-12-15-6-3-5-13-4-1-2-7-17(13)15/h1-11,18H,12H2,(H2,21,22). The van der Waals surface area contributed by atoms with Gasteiger partial charge in [-0.2, -0.15) is 0 Å². The molecule has 2 nitrogen and oxygen atoms in total.